The van der Waals surface area contributed by atoms with Crippen LogP contribution in [0.3, 0.4) is 0 Å². The standard InChI is InChI=1S/C15H19ClN2O2S/c1-18-13-4-3-11(16)7-10(13)8-14(18)15(20)17-12(9-19)5-6-21-2/h3-4,7-8,12,19H,5-6,9H2,1-2H3,(H,17,20)/t12-/m1/s1. The number of rotatable bonds is 6. The number of aromatic nitrogens is 1. The molecule has 0 radical (unpaired) electrons. The van der Waals surface area contributed by atoms with Crippen LogP contribution in [0.5, 0.6) is 0 Å². The first-order chi connectivity index (χ1) is 10.1. The Morgan fingerprint density at radius 1 is 1.48 bits per heavy atom. The summed E-state index contributed by atoms with van der Waals surface area (Å²) in [6, 6.07) is 7.14. The van der Waals surface area contributed by atoms with Gasteiger partial charge in [-0.05, 0) is 42.7 Å². The van der Waals surface area contributed by atoms with Crippen molar-refractivity contribution in [1.82, 2.24) is 9.88 Å². The first-order valence-electron chi connectivity index (χ1n) is 6.72. The molecule has 1 aromatic carbocycles. The van der Waals surface area contributed by atoms with Gasteiger partial charge in [-0.25, -0.2) is 0 Å². The molecular weight excluding hydrogens is 308 g/mol. The second-order valence-corrected chi connectivity index (χ2v) is 6.35. The molecule has 1 amide bonds. The molecule has 114 valence electrons. The van der Waals surface area contributed by atoms with E-state index in [0.717, 1.165) is 23.1 Å². The summed E-state index contributed by atoms with van der Waals surface area (Å²) in [4.78, 5) is 12.4. The molecule has 1 atom stereocenters. The van der Waals surface area contributed by atoms with Crippen LogP contribution in [0.2, 0.25) is 5.02 Å². The summed E-state index contributed by atoms with van der Waals surface area (Å²) in [6.45, 7) is -0.0535. The van der Waals surface area contributed by atoms with Crippen molar-refractivity contribution in [3.63, 3.8) is 0 Å². The predicted octanol–water partition coefficient (Wildman–Crippen LogP) is 2.68. The van der Waals surface area contributed by atoms with Crippen LogP contribution in [0.1, 0.15) is 16.9 Å². The van der Waals surface area contributed by atoms with Gasteiger partial charge in [-0.2, -0.15) is 11.8 Å². The Kier molecular flexibility index (Phi) is 5.56. The second kappa shape index (κ2) is 7.20. The smallest absolute Gasteiger partial charge is 0.268 e. The van der Waals surface area contributed by atoms with E-state index in [9.17, 15) is 9.90 Å². The molecule has 0 spiro atoms. The van der Waals surface area contributed by atoms with Crippen molar-refractivity contribution in [1.29, 1.82) is 0 Å². The maximum atomic E-state index is 12.4. The third-order valence-corrected chi connectivity index (χ3v) is 4.34. The number of halogens is 1. The number of nitrogens with one attached hydrogen (secondary N) is 1. The fraction of sp³-hybridized carbons (Fsp3) is 0.400. The summed E-state index contributed by atoms with van der Waals surface area (Å²) < 4.78 is 1.84. The average Bonchev–Trinajstić information content (AvgIpc) is 2.79. The minimum absolute atomic E-state index is 0.0535. The molecule has 0 bridgehead atoms. The van der Waals surface area contributed by atoms with E-state index in [1.165, 1.54) is 0 Å². The number of fused-ring (bicyclic) bond motifs is 1. The lowest BCUT2D eigenvalue weighted by atomic mass is 10.2. The molecule has 2 rings (SSSR count). The van der Waals surface area contributed by atoms with Gasteiger partial charge in [-0.1, -0.05) is 11.6 Å². The largest absolute Gasteiger partial charge is 0.394 e. The van der Waals surface area contributed by atoms with Crippen LogP contribution in [0.4, 0.5) is 0 Å². The van der Waals surface area contributed by atoms with Crippen LogP contribution in [0.25, 0.3) is 10.9 Å². The summed E-state index contributed by atoms with van der Waals surface area (Å²) in [7, 11) is 1.85. The number of thioether (sulfide) groups is 1. The fourth-order valence-electron chi connectivity index (χ4n) is 2.27. The maximum Gasteiger partial charge on any atom is 0.268 e. The Labute approximate surface area is 133 Å². The molecule has 0 saturated carbocycles. The normalized spacial score (nSPS) is 12.6. The second-order valence-electron chi connectivity index (χ2n) is 4.93. The third kappa shape index (κ3) is 3.73. The van der Waals surface area contributed by atoms with Gasteiger partial charge in [-0.15, -0.1) is 0 Å². The monoisotopic (exact) mass is 326 g/mol. The molecule has 0 saturated heterocycles. The fourth-order valence-corrected chi connectivity index (χ4v) is 2.97. The quantitative estimate of drug-likeness (QED) is 0.858. The van der Waals surface area contributed by atoms with Gasteiger partial charge < -0.3 is 15.0 Å². The van der Waals surface area contributed by atoms with Crippen molar-refractivity contribution in [2.24, 2.45) is 7.05 Å². The topological polar surface area (TPSA) is 54.3 Å². The zero-order valence-corrected chi connectivity index (χ0v) is 13.7. The van der Waals surface area contributed by atoms with Crippen LogP contribution < -0.4 is 5.32 Å². The lowest BCUT2D eigenvalue weighted by molar-refractivity contribution is 0.0907. The molecule has 2 aromatic rings. The summed E-state index contributed by atoms with van der Waals surface area (Å²) >= 11 is 7.67. The number of amides is 1. The highest BCUT2D eigenvalue weighted by Gasteiger charge is 2.17. The SMILES string of the molecule is CSCC[C@H](CO)NC(=O)c1cc2cc(Cl)ccc2n1C. The van der Waals surface area contributed by atoms with E-state index in [1.54, 1.807) is 17.8 Å². The van der Waals surface area contributed by atoms with E-state index in [2.05, 4.69) is 5.32 Å². The minimum Gasteiger partial charge on any atom is -0.394 e. The van der Waals surface area contributed by atoms with Crippen LogP contribution in [0.15, 0.2) is 24.3 Å². The number of carbonyl (C=O) groups is 1. The first-order valence-corrected chi connectivity index (χ1v) is 8.49. The van der Waals surface area contributed by atoms with Gasteiger partial charge in [0.1, 0.15) is 5.69 Å². The number of aliphatic hydroxyl groups excluding tert-OH is 1. The molecule has 1 heterocycles. The van der Waals surface area contributed by atoms with E-state index in [4.69, 9.17) is 11.6 Å². The van der Waals surface area contributed by atoms with Gasteiger partial charge >= 0.3 is 0 Å². The van der Waals surface area contributed by atoms with Crippen LogP contribution in [-0.2, 0) is 7.05 Å². The third-order valence-electron chi connectivity index (χ3n) is 3.46. The van der Waals surface area contributed by atoms with E-state index in [1.807, 2.05) is 36.1 Å². The Hall–Kier alpha value is -1.17. The number of benzene rings is 1. The Morgan fingerprint density at radius 3 is 2.90 bits per heavy atom. The molecule has 0 fully saturated rings. The molecule has 0 aliphatic carbocycles. The molecule has 4 nitrogen and oxygen atoms in total. The molecule has 6 heteroatoms. The highest BCUT2D eigenvalue weighted by molar-refractivity contribution is 7.98. The van der Waals surface area contributed by atoms with E-state index < -0.39 is 0 Å². The Morgan fingerprint density at radius 2 is 2.24 bits per heavy atom. The summed E-state index contributed by atoms with van der Waals surface area (Å²) in [5, 5.41) is 13.8. The van der Waals surface area contributed by atoms with Crippen LogP contribution in [-0.4, -0.2) is 40.2 Å². The highest BCUT2D eigenvalue weighted by Crippen LogP contribution is 2.22. The molecule has 0 aliphatic heterocycles. The van der Waals surface area contributed by atoms with Crippen molar-refractivity contribution >= 4 is 40.2 Å². The Bertz CT molecular complexity index is 642. The van der Waals surface area contributed by atoms with Crippen molar-refractivity contribution in [3.8, 4) is 0 Å². The van der Waals surface area contributed by atoms with E-state index >= 15 is 0 Å². The van der Waals surface area contributed by atoms with Gasteiger partial charge in [0.25, 0.3) is 5.91 Å². The summed E-state index contributed by atoms with van der Waals surface area (Å²) in [5.41, 5.74) is 1.52. The maximum absolute atomic E-state index is 12.4. The molecule has 1 aromatic heterocycles. The van der Waals surface area contributed by atoms with Crippen molar-refractivity contribution in [2.45, 2.75) is 12.5 Å². The van der Waals surface area contributed by atoms with Crippen molar-refractivity contribution in [3.05, 3.63) is 35.0 Å². The molecule has 2 N–H and O–H groups in total. The molecular formula is C15H19ClN2O2S. The van der Waals surface area contributed by atoms with Gasteiger partial charge in [0.15, 0.2) is 0 Å². The zero-order valence-electron chi connectivity index (χ0n) is 12.1. The van der Waals surface area contributed by atoms with Crippen molar-refractivity contribution < 1.29 is 9.90 Å². The number of carbonyl (C=O) groups excluding carboxylic acids is 1. The van der Waals surface area contributed by atoms with E-state index in [0.29, 0.717) is 10.7 Å². The number of hydrogen-bond acceptors (Lipinski definition) is 3. The lowest BCUT2D eigenvalue weighted by Gasteiger charge is -2.16. The van der Waals surface area contributed by atoms with Gasteiger partial charge in [0, 0.05) is 23.0 Å². The predicted molar refractivity (Wildman–Crippen MR) is 89.3 cm³/mol. The van der Waals surface area contributed by atoms with E-state index in [-0.39, 0.29) is 18.6 Å². The lowest BCUT2D eigenvalue weighted by Crippen LogP contribution is -2.38. The van der Waals surface area contributed by atoms with Gasteiger partial charge in [-0.3, -0.25) is 4.79 Å². The van der Waals surface area contributed by atoms with Crippen molar-refractivity contribution in [2.75, 3.05) is 18.6 Å². The molecule has 0 unspecified atom stereocenters. The number of aliphatic hydroxyl groups is 1. The Balaban J connectivity index is 2.20. The number of aryl methyl sites for hydroxylation is 1. The van der Waals surface area contributed by atoms with Gasteiger partial charge in [0.2, 0.25) is 0 Å². The minimum atomic E-state index is -0.216. The average molecular weight is 327 g/mol. The van der Waals surface area contributed by atoms with Crippen LogP contribution in [0, 0.1) is 0 Å². The van der Waals surface area contributed by atoms with Gasteiger partial charge in [0.05, 0.1) is 12.6 Å². The highest BCUT2D eigenvalue weighted by atomic mass is 35.5. The summed E-state index contributed by atoms with van der Waals surface area (Å²) in [5.74, 6) is 0.723. The van der Waals surface area contributed by atoms with Crippen LogP contribution >= 0.6 is 23.4 Å². The summed E-state index contributed by atoms with van der Waals surface area (Å²) in [6.07, 6.45) is 2.75. The molecule has 21 heavy (non-hydrogen) atoms. The number of hydrogen-bond donors (Lipinski definition) is 2. The molecule has 0 aliphatic rings. The first kappa shape index (κ1) is 16.2. The zero-order chi connectivity index (χ0) is 15.4. The number of nitrogens with zero attached hydrogens (tertiary/aromatic N) is 1.